The largest absolute Gasteiger partial charge is 0.443 e. The highest BCUT2D eigenvalue weighted by atomic mass is 79.9. The number of benzene rings is 2. The van der Waals surface area contributed by atoms with E-state index in [-0.39, 0.29) is 5.82 Å². The topological polar surface area (TPSA) is 26.0 Å². The minimum Gasteiger partial charge on any atom is -0.443 e. The van der Waals surface area contributed by atoms with Gasteiger partial charge < -0.3 is 4.42 Å². The summed E-state index contributed by atoms with van der Waals surface area (Å²) in [6.45, 7) is 0. The molecule has 3 aromatic rings. The van der Waals surface area contributed by atoms with Crippen LogP contribution in [0.1, 0.15) is 5.69 Å². The molecule has 1 aromatic heterocycles. The van der Waals surface area contributed by atoms with E-state index in [1.54, 1.807) is 12.1 Å². The second-order valence-corrected chi connectivity index (χ2v) is 4.46. The number of fused-ring (bicyclic) bond motifs is 1. The molecule has 0 saturated carbocycles. The molecule has 3 rings (SSSR count). The summed E-state index contributed by atoms with van der Waals surface area (Å²) in [5.74, 6) is 0.456. The third-order valence-electron chi connectivity index (χ3n) is 2.88. The first-order valence-corrected chi connectivity index (χ1v) is 6.59. The third-order valence-corrected chi connectivity index (χ3v) is 3.41. The van der Waals surface area contributed by atoms with Crippen molar-refractivity contribution in [3.8, 4) is 11.3 Å². The van der Waals surface area contributed by atoms with E-state index in [4.69, 9.17) is 4.42 Å². The van der Waals surface area contributed by atoms with E-state index in [0.29, 0.717) is 16.5 Å². The number of aromatic nitrogens is 1. The Hall–Kier alpha value is -1.68. The molecule has 0 amide bonds. The van der Waals surface area contributed by atoms with Crippen LogP contribution in [0.5, 0.6) is 0 Å². The summed E-state index contributed by atoms with van der Waals surface area (Å²) < 4.78 is 19.2. The van der Waals surface area contributed by atoms with Gasteiger partial charge in [0.05, 0.1) is 5.69 Å². The fraction of sp³-hybridized carbons (Fsp3) is 0.0714. The van der Waals surface area contributed by atoms with Gasteiger partial charge in [-0.3, -0.25) is 0 Å². The highest BCUT2D eigenvalue weighted by Crippen LogP contribution is 2.32. The molecule has 90 valence electrons. The van der Waals surface area contributed by atoms with Crippen LogP contribution in [0.15, 0.2) is 47.2 Å². The van der Waals surface area contributed by atoms with Gasteiger partial charge >= 0.3 is 0 Å². The lowest BCUT2D eigenvalue weighted by atomic mass is 10.0. The van der Waals surface area contributed by atoms with Gasteiger partial charge in [0.25, 0.3) is 0 Å². The third kappa shape index (κ3) is 1.73. The highest BCUT2D eigenvalue weighted by Gasteiger charge is 2.14. The average molecular weight is 306 g/mol. The van der Waals surface area contributed by atoms with Crippen LogP contribution in [0.3, 0.4) is 0 Å². The summed E-state index contributed by atoms with van der Waals surface area (Å²) in [7, 11) is 0. The van der Waals surface area contributed by atoms with Crippen LogP contribution in [0.2, 0.25) is 0 Å². The van der Waals surface area contributed by atoms with Crippen LogP contribution in [-0.2, 0) is 5.33 Å². The van der Waals surface area contributed by atoms with Gasteiger partial charge in [0.15, 0.2) is 12.2 Å². The number of hydrogen-bond donors (Lipinski definition) is 0. The minimum absolute atomic E-state index is 0.228. The van der Waals surface area contributed by atoms with Gasteiger partial charge in [-0.25, -0.2) is 9.37 Å². The van der Waals surface area contributed by atoms with Crippen LogP contribution < -0.4 is 0 Å². The van der Waals surface area contributed by atoms with Gasteiger partial charge in [-0.2, -0.15) is 0 Å². The summed E-state index contributed by atoms with van der Waals surface area (Å²) >= 11 is 3.37. The van der Waals surface area contributed by atoms with E-state index >= 15 is 0 Å². The van der Waals surface area contributed by atoms with Crippen molar-refractivity contribution in [1.82, 2.24) is 4.98 Å². The molecule has 0 N–H and O–H groups in total. The molecule has 0 unspecified atom stereocenters. The quantitative estimate of drug-likeness (QED) is 0.650. The molecule has 0 atom stereocenters. The van der Waals surface area contributed by atoms with Crippen LogP contribution in [0.25, 0.3) is 22.1 Å². The molecule has 0 aliphatic heterocycles. The Balaban J connectivity index is 2.34. The average Bonchev–Trinajstić information content (AvgIpc) is 2.88. The Morgan fingerprint density at radius 2 is 1.89 bits per heavy atom. The van der Waals surface area contributed by atoms with Crippen LogP contribution in [0.4, 0.5) is 4.39 Å². The van der Waals surface area contributed by atoms with E-state index < -0.39 is 0 Å². The summed E-state index contributed by atoms with van der Waals surface area (Å²) in [6.07, 6.45) is 1.41. The summed E-state index contributed by atoms with van der Waals surface area (Å²) in [6, 6.07) is 10.5. The van der Waals surface area contributed by atoms with Crippen molar-refractivity contribution in [1.29, 1.82) is 0 Å². The van der Waals surface area contributed by atoms with Gasteiger partial charge in [0, 0.05) is 16.3 Å². The number of hydrogen-bond acceptors (Lipinski definition) is 2. The molecule has 0 spiro atoms. The lowest BCUT2D eigenvalue weighted by molar-refractivity contribution is 0.571. The van der Waals surface area contributed by atoms with E-state index in [1.807, 2.05) is 18.2 Å². The first kappa shape index (κ1) is 11.4. The summed E-state index contributed by atoms with van der Waals surface area (Å²) in [5, 5.41) is 2.02. The predicted molar refractivity (Wildman–Crippen MR) is 72.0 cm³/mol. The number of nitrogens with zero attached hydrogens (tertiary/aromatic N) is 1. The Bertz CT molecular complexity index is 708. The van der Waals surface area contributed by atoms with Crippen molar-refractivity contribution in [2.24, 2.45) is 0 Å². The molecule has 0 radical (unpaired) electrons. The second-order valence-electron chi connectivity index (χ2n) is 3.90. The Morgan fingerprint density at radius 3 is 2.67 bits per heavy atom. The lowest BCUT2D eigenvalue weighted by Gasteiger charge is -2.05. The van der Waals surface area contributed by atoms with Crippen molar-refractivity contribution >= 4 is 26.7 Å². The molecule has 4 heteroatoms. The highest BCUT2D eigenvalue weighted by molar-refractivity contribution is 9.08. The minimum atomic E-state index is -0.228. The zero-order chi connectivity index (χ0) is 12.5. The number of halogens is 2. The maximum Gasteiger partial charge on any atom is 0.181 e. The van der Waals surface area contributed by atoms with Crippen molar-refractivity contribution < 1.29 is 8.81 Å². The second kappa shape index (κ2) is 4.53. The number of oxazole rings is 1. The van der Waals surface area contributed by atoms with Crippen molar-refractivity contribution in [2.45, 2.75) is 5.33 Å². The molecule has 0 bridgehead atoms. The molecule has 2 nitrogen and oxygen atoms in total. The van der Waals surface area contributed by atoms with Crippen molar-refractivity contribution in [2.75, 3.05) is 0 Å². The Labute approximate surface area is 112 Å². The normalized spacial score (nSPS) is 11.0. The lowest BCUT2D eigenvalue weighted by Crippen LogP contribution is -1.87. The molecular formula is C14H9BrFNO. The van der Waals surface area contributed by atoms with E-state index in [0.717, 1.165) is 16.6 Å². The van der Waals surface area contributed by atoms with E-state index in [2.05, 4.69) is 20.9 Å². The fourth-order valence-electron chi connectivity index (χ4n) is 2.04. The van der Waals surface area contributed by atoms with Crippen LogP contribution in [-0.4, -0.2) is 4.98 Å². The first-order valence-electron chi connectivity index (χ1n) is 5.47. The molecule has 0 fully saturated rings. The van der Waals surface area contributed by atoms with Crippen LogP contribution in [0, 0.1) is 5.82 Å². The smallest absolute Gasteiger partial charge is 0.181 e. The van der Waals surface area contributed by atoms with Gasteiger partial charge in [-0.1, -0.05) is 40.2 Å². The Kier molecular flexibility index (Phi) is 2.88. The number of alkyl halides is 1. The monoisotopic (exact) mass is 305 g/mol. The predicted octanol–water partition coefficient (Wildman–Crippen LogP) is 4.53. The maximum atomic E-state index is 13.7. The molecule has 1 heterocycles. The molecular weight excluding hydrogens is 297 g/mol. The SMILES string of the molecule is Fc1ccc(-c2ocnc2CBr)c2ccccc12. The summed E-state index contributed by atoms with van der Waals surface area (Å²) in [5.41, 5.74) is 1.67. The first-order chi connectivity index (χ1) is 8.81. The van der Waals surface area contributed by atoms with Gasteiger partial charge in [-0.15, -0.1) is 0 Å². The van der Waals surface area contributed by atoms with Gasteiger partial charge in [0.2, 0.25) is 0 Å². The maximum absolute atomic E-state index is 13.7. The summed E-state index contributed by atoms with van der Waals surface area (Å²) in [4.78, 5) is 4.13. The molecule has 0 aliphatic rings. The fourth-order valence-corrected chi connectivity index (χ4v) is 2.44. The van der Waals surface area contributed by atoms with Crippen molar-refractivity contribution in [3.05, 3.63) is 54.3 Å². The molecule has 0 saturated heterocycles. The molecule has 0 aliphatic carbocycles. The zero-order valence-electron chi connectivity index (χ0n) is 9.36. The zero-order valence-corrected chi connectivity index (χ0v) is 10.9. The molecule has 18 heavy (non-hydrogen) atoms. The Morgan fingerprint density at radius 1 is 1.11 bits per heavy atom. The standard InChI is InChI=1S/C14H9BrFNO/c15-7-13-14(18-8-17-13)11-5-6-12(16)10-4-2-1-3-9(10)11/h1-6,8H,7H2. The van der Waals surface area contributed by atoms with Crippen molar-refractivity contribution in [3.63, 3.8) is 0 Å². The van der Waals surface area contributed by atoms with E-state index in [1.165, 1.54) is 12.5 Å². The van der Waals surface area contributed by atoms with E-state index in [9.17, 15) is 4.39 Å². The van der Waals surface area contributed by atoms with Crippen LogP contribution >= 0.6 is 15.9 Å². The number of rotatable bonds is 2. The van der Waals surface area contributed by atoms with Gasteiger partial charge in [0.1, 0.15) is 5.82 Å². The van der Waals surface area contributed by atoms with Gasteiger partial charge in [-0.05, 0) is 17.5 Å². The molecule has 2 aromatic carbocycles.